The molecule has 1 aromatic heterocycles. The molecule has 0 aliphatic carbocycles. The van der Waals surface area contributed by atoms with Crippen molar-refractivity contribution in [2.24, 2.45) is 5.73 Å². The summed E-state index contributed by atoms with van der Waals surface area (Å²) in [6, 6.07) is 1.87. The van der Waals surface area contributed by atoms with E-state index in [9.17, 15) is 4.79 Å². The Kier molecular flexibility index (Phi) is 4.23. The van der Waals surface area contributed by atoms with E-state index in [2.05, 4.69) is 4.90 Å². The zero-order valence-corrected chi connectivity index (χ0v) is 12.9. The van der Waals surface area contributed by atoms with Crippen molar-refractivity contribution < 1.29 is 4.79 Å². The monoisotopic (exact) mass is 297 g/mol. The second-order valence-electron chi connectivity index (χ2n) is 5.21. The average molecular weight is 297 g/mol. The predicted molar refractivity (Wildman–Crippen MR) is 82.7 cm³/mol. The first-order chi connectivity index (χ1) is 8.93. The first kappa shape index (κ1) is 14.4. The Bertz CT molecular complexity index is 462. The van der Waals surface area contributed by atoms with Crippen LogP contribution in [0.4, 0.5) is 0 Å². The summed E-state index contributed by atoms with van der Waals surface area (Å²) in [6.45, 7) is 7.12. The molecule has 1 saturated heterocycles. The van der Waals surface area contributed by atoms with E-state index in [0.29, 0.717) is 4.99 Å². The van der Waals surface area contributed by atoms with Crippen molar-refractivity contribution >= 4 is 34.5 Å². The zero-order valence-electron chi connectivity index (χ0n) is 11.3. The predicted octanol–water partition coefficient (Wildman–Crippen LogP) is 1.57. The maximum absolute atomic E-state index is 12.2. The largest absolute Gasteiger partial charge is 0.392 e. The minimum atomic E-state index is -0.285. The lowest BCUT2D eigenvalue weighted by atomic mass is 10.0. The summed E-state index contributed by atoms with van der Waals surface area (Å²) in [5.41, 5.74) is 6.28. The molecule has 0 spiro atoms. The smallest absolute Gasteiger partial charge is 0.254 e. The summed E-state index contributed by atoms with van der Waals surface area (Å²) < 4.78 is 0. The number of hydrogen-bond donors (Lipinski definition) is 1. The minimum absolute atomic E-state index is 0.119. The van der Waals surface area contributed by atoms with Gasteiger partial charge >= 0.3 is 0 Å². The molecule has 1 fully saturated rings. The van der Waals surface area contributed by atoms with Gasteiger partial charge in [-0.25, -0.2) is 0 Å². The van der Waals surface area contributed by atoms with E-state index in [-0.39, 0.29) is 11.4 Å². The standard InChI is InChI=1S/C13H19N3OS2/c1-13(2,12(14)18)16-6-4-15(5-7-16)11(17)10-3-8-19-9-10/h3,8-9H,4-7H2,1-2H3,(H2,14,18). The van der Waals surface area contributed by atoms with Crippen LogP contribution in [0, 0.1) is 0 Å². The average Bonchev–Trinajstić information content (AvgIpc) is 2.91. The van der Waals surface area contributed by atoms with Crippen LogP contribution in [0.1, 0.15) is 24.2 Å². The van der Waals surface area contributed by atoms with Crippen molar-refractivity contribution in [3.8, 4) is 0 Å². The molecule has 1 amide bonds. The number of thiophene rings is 1. The molecule has 0 radical (unpaired) electrons. The van der Waals surface area contributed by atoms with Crippen LogP contribution in [-0.2, 0) is 0 Å². The van der Waals surface area contributed by atoms with Gasteiger partial charge in [0.25, 0.3) is 5.91 Å². The summed E-state index contributed by atoms with van der Waals surface area (Å²) >= 11 is 6.66. The summed E-state index contributed by atoms with van der Waals surface area (Å²) in [7, 11) is 0. The fraction of sp³-hybridized carbons (Fsp3) is 0.538. The second-order valence-corrected chi connectivity index (χ2v) is 6.43. The number of piperazine rings is 1. The second kappa shape index (κ2) is 5.56. The van der Waals surface area contributed by atoms with Crippen LogP contribution in [0.15, 0.2) is 16.8 Å². The van der Waals surface area contributed by atoms with Crippen molar-refractivity contribution in [1.82, 2.24) is 9.80 Å². The topological polar surface area (TPSA) is 49.6 Å². The molecule has 6 heteroatoms. The van der Waals surface area contributed by atoms with Gasteiger partial charge in [0, 0.05) is 31.6 Å². The third kappa shape index (κ3) is 2.96. The molecular formula is C13H19N3OS2. The molecule has 2 heterocycles. The number of carbonyl (C=O) groups is 1. The third-order valence-electron chi connectivity index (χ3n) is 3.73. The van der Waals surface area contributed by atoms with Gasteiger partial charge in [-0.15, -0.1) is 0 Å². The summed E-state index contributed by atoms with van der Waals surface area (Å²) in [5.74, 6) is 0.119. The van der Waals surface area contributed by atoms with Gasteiger partial charge in [0.1, 0.15) is 0 Å². The van der Waals surface area contributed by atoms with Crippen LogP contribution < -0.4 is 5.73 Å². The lowest BCUT2D eigenvalue weighted by Crippen LogP contribution is -2.59. The fourth-order valence-corrected chi connectivity index (χ4v) is 2.95. The number of nitrogens with two attached hydrogens (primary N) is 1. The Morgan fingerprint density at radius 2 is 2.00 bits per heavy atom. The first-order valence-electron chi connectivity index (χ1n) is 6.29. The molecular weight excluding hydrogens is 278 g/mol. The van der Waals surface area contributed by atoms with Crippen molar-refractivity contribution in [2.75, 3.05) is 26.2 Å². The maximum atomic E-state index is 12.2. The highest BCUT2D eigenvalue weighted by molar-refractivity contribution is 7.80. The van der Waals surface area contributed by atoms with Crippen LogP contribution in [0.3, 0.4) is 0 Å². The molecule has 2 N–H and O–H groups in total. The molecule has 0 unspecified atom stereocenters. The highest BCUT2D eigenvalue weighted by Gasteiger charge is 2.33. The van der Waals surface area contributed by atoms with Crippen LogP contribution >= 0.6 is 23.6 Å². The molecule has 19 heavy (non-hydrogen) atoms. The van der Waals surface area contributed by atoms with Crippen LogP contribution in [-0.4, -0.2) is 52.4 Å². The normalized spacial score (nSPS) is 17.5. The Morgan fingerprint density at radius 1 is 1.37 bits per heavy atom. The van der Waals surface area contributed by atoms with Crippen molar-refractivity contribution in [3.63, 3.8) is 0 Å². The highest BCUT2D eigenvalue weighted by atomic mass is 32.1. The third-order valence-corrected chi connectivity index (χ3v) is 4.91. The van der Waals surface area contributed by atoms with Gasteiger partial charge < -0.3 is 10.6 Å². The maximum Gasteiger partial charge on any atom is 0.254 e. The van der Waals surface area contributed by atoms with Gasteiger partial charge in [-0.1, -0.05) is 12.2 Å². The van der Waals surface area contributed by atoms with E-state index in [1.165, 1.54) is 0 Å². The summed E-state index contributed by atoms with van der Waals surface area (Å²) in [5, 5.41) is 3.83. The Labute approximate surface area is 123 Å². The Morgan fingerprint density at radius 3 is 2.47 bits per heavy atom. The number of thiocarbonyl (C=S) groups is 1. The molecule has 1 aliphatic heterocycles. The van der Waals surface area contributed by atoms with Gasteiger partial charge in [0.05, 0.1) is 16.1 Å². The Hall–Kier alpha value is -0.980. The summed E-state index contributed by atoms with van der Waals surface area (Å²) in [4.78, 5) is 16.9. The van der Waals surface area contributed by atoms with Crippen molar-refractivity contribution in [3.05, 3.63) is 22.4 Å². The SMILES string of the molecule is CC(C)(C(N)=S)N1CCN(C(=O)c2ccsc2)CC1. The van der Waals surface area contributed by atoms with Crippen LogP contribution in [0.25, 0.3) is 0 Å². The zero-order chi connectivity index (χ0) is 14.0. The molecule has 4 nitrogen and oxygen atoms in total. The molecule has 2 rings (SSSR count). The van der Waals surface area contributed by atoms with Gasteiger partial charge in [0.15, 0.2) is 0 Å². The van der Waals surface area contributed by atoms with E-state index in [4.69, 9.17) is 18.0 Å². The van der Waals surface area contributed by atoms with E-state index in [0.717, 1.165) is 31.7 Å². The molecule has 104 valence electrons. The molecule has 0 atom stereocenters. The molecule has 0 saturated carbocycles. The lowest BCUT2D eigenvalue weighted by Gasteiger charge is -2.43. The van der Waals surface area contributed by atoms with Crippen molar-refractivity contribution in [2.45, 2.75) is 19.4 Å². The van der Waals surface area contributed by atoms with Gasteiger partial charge in [0.2, 0.25) is 0 Å². The molecule has 1 aromatic rings. The number of rotatable bonds is 3. The van der Waals surface area contributed by atoms with Gasteiger partial charge in [-0.3, -0.25) is 9.69 Å². The first-order valence-corrected chi connectivity index (χ1v) is 7.64. The van der Waals surface area contributed by atoms with E-state index < -0.39 is 0 Å². The highest BCUT2D eigenvalue weighted by Crippen LogP contribution is 2.19. The van der Waals surface area contributed by atoms with Gasteiger partial charge in [-0.2, -0.15) is 11.3 Å². The lowest BCUT2D eigenvalue weighted by molar-refractivity contribution is 0.0540. The van der Waals surface area contributed by atoms with Crippen LogP contribution in [0.5, 0.6) is 0 Å². The number of nitrogens with zero attached hydrogens (tertiary/aromatic N) is 2. The minimum Gasteiger partial charge on any atom is -0.392 e. The summed E-state index contributed by atoms with van der Waals surface area (Å²) in [6.07, 6.45) is 0. The van der Waals surface area contributed by atoms with E-state index in [1.54, 1.807) is 11.3 Å². The molecule has 1 aliphatic rings. The van der Waals surface area contributed by atoms with E-state index >= 15 is 0 Å². The van der Waals surface area contributed by atoms with Crippen LogP contribution in [0.2, 0.25) is 0 Å². The van der Waals surface area contributed by atoms with E-state index in [1.807, 2.05) is 35.6 Å². The Balaban J connectivity index is 1.96. The fourth-order valence-electron chi connectivity index (χ4n) is 2.19. The number of hydrogen-bond acceptors (Lipinski definition) is 4. The molecule has 0 aromatic carbocycles. The number of amides is 1. The number of carbonyl (C=O) groups excluding carboxylic acids is 1. The van der Waals surface area contributed by atoms with Crippen molar-refractivity contribution in [1.29, 1.82) is 0 Å². The van der Waals surface area contributed by atoms with Gasteiger partial charge in [-0.05, 0) is 25.3 Å². The molecule has 0 bridgehead atoms. The quantitative estimate of drug-likeness (QED) is 0.861.